The number of aromatic nitrogens is 1. The number of fused-ring (bicyclic) bond motifs is 1. The van der Waals surface area contributed by atoms with Gasteiger partial charge in [-0.2, -0.15) is 5.26 Å². The number of anilines is 3. The van der Waals surface area contributed by atoms with Gasteiger partial charge in [-0.25, -0.2) is 0 Å². The van der Waals surface area contributed by atoms with Gasteiger partial charge in [0.2, 0.25) is 0 Å². The number of rotatable bonds is 6. The maximum absolute atomic E-state index is 10.9. The van der Waals surface area contributed by atoms with Crippen molar-refractivity contribution in [1.82, 2.24) is 9.88 Å². The van der Waals surface area contributed by atoms with Crippen molar-refractivity contribution in [3.05, 3.63) is 84.6 Å². The molecule has 7 heteroatoms. The molecule has 0 saturated carbocycles. The van der Waals surface area contributed by atoms with Crippen LogP contribution in [-0.4, -0.2) is 53.7 Å². The molecule has 174 valence electrons. The molecule has 4 aromatic rings. The molecule has 0 aliphatic carbocycles. The highest BCUT2D eigenvalue weighted by Gasteiger charge is 2.18. The zero-order valence-electron chi connectivity index (χ0n) is 19.2. The average Bonchev–Trinajstić information content (AvgIpc) is 2.89. The summed E-state index contributed by atoms with van der Waals surface area (Å²) >= 11 is 0. The molecule has 7 nitrogen and oxygen atoms in total. The van der Waals surface area contributed by atoms with Crippen molar-refractivity contribution in [2.45, 2.75) is 0 Å². The second kappa shape index (κ2) is 9.84. The van der Waals surface area contributed by atoms with Crippen LogP contribution in [0.4, 0.5) is 17.1 Å². The van der Waals surface area contributed by atoms with E-state index in [-0.39, 0.29) is 6.54 Å². The van der Waals surface area contributed by atoms with E-state index < -0.39 is 5.97 Å². The summed E-state index contributed by atoms with van der Waals surface area (Å²) in [6.45, 7) is 3.22. The van der Waals surface area contributed by atoms with Crippen LogP contribution in [0.1, 0.15) is 5.56 Å². The van der Waals surface area contributed by atoms with E-state index in [4.69, 9.17) is 10.4 Å². The Hall–Kier alpha value is -4.41. The number of pyridine rings is 1. The summed E-state index contributed by atoms with van der Waals surface area (Å²) in [5.41, 5.74) is 6.75. The average molecular weight is 464 g/mol. The molecule has 3 aromatic carbocycles. The topological polar surface area (TPSA) is 92.5 Å². The second-order valence-corrected chi connectivity index (χ2v) is 8.61. The van der Waals surface area contributed by atoms with Crippen molar-refractivity contribution in [1.29, 1.82) is 5.26 Å². The van der Waals surface area contributed by atoms with Crippen molar-refractivity contribution in [2.75, 3.05) is 42.9 Å². The van der Waals surface area contributed by atoms with E-state index in [0.717, 1.165) is 65.3 Å². The Bertz CT molecular complexity index is 1390. The molecule has 0 bridgehead atoms. The summed E-state index contributed by atoms with van der Waals surface area (Å²) < 4.78 is 0. The molecule has 5 rings (SSSR count). The summed E-state index contributed by atoms with van der Waals surface area (Å²) in [6, 6.07) is 26.2. The fourth-order valence-electron chi connectivity index (χ4n) is 4.44. The van der Waals surface area contributed by atoms with Gasteiger partial charge in [0.05, 0.1) is 23.7 Å². The van der Waals surface area contributed by atoms with Crippen molar-refractivity contribution < 1.29 is 9.90 Å². The fraction of sp³-hybridized carbons (Fsp3) is 0.179. The van der Waals surface area contributed by atoms with Gasteiger partial charge in [0.1, 0.15) is 0 Å². The molecular weight excluding hydrogens is 438 g/mol. The molecule has 0 amide bonds. The summed E-state index contributed by atoms with van der Waals surface area (Å²) in [4.78, 5) is 19.7. The lowest BCUT2D eigenvalue weighted by Crippen LogP contribution is -2.47. The van der Waals surface area contributed by atoms with E-state index in [1.807, 2.05) is 47.4 Å². The van der Waals surface area contributed by atoms with E-state index >= 15 is 0 Å². The molecule has 0 unspecified atom stereocenters. The first kappa shape index (κ1) is 22.4. The second-order valence-electron chi connectivity index (χ2n) is 8.61. The Morgan fingerprint density at radius 2 is 1.66 bits per heavy atom. The highest BCUT2D eigenvalue weighted by molar-refractivity contribution is 5.95. The molecule has 2 N–H and O–H groups in total. The Balaban J connectivity index is 1.33. The van der Waals surface area contributed by atoms with E-state index in [9.17, 15) is 4.79 Å². The lowest BCUT2D eigenvalue weighted by Gasteiger charge is -2.35. The highest BCUT2D eigenvalue weighted by Crippen LogP contribution is 2.30. The lowest BCUT2D eigenvalue weighted by atomic mass is 10.0. The third kappa shape index (κ3) is 5.08. The summed E-state index contributed by atoms with van der Waals surface area (Å²) in [7, 11) is 0. The number of nitriles is 1. The molecule has 1 aromatic heterocycles. The molecule has 0 spiro atoms. The zero-order chi connectivity index (χ0) is 24.2. The van der Waals surface area contributed by atoms with Crippen LogP contribution < -0.4 is 10.2 Å². The number of piperazine rings is 1. The molecule has 1 fully saturated rings. The van der Waals surface area contributed by atoms with Gasteiger partial charge in [-0.05, 0) is 65.7 Å². The maximum atomic E-state index is 10.9. The van der Waals surface area contributed by atoms with Crippen LogP contribution in [0.2, 0.25) is 0 Å². The zero-order valence-corrected chi connectivity index (χ0v) is 19.2. The monoisotopic (exact) mass is 463 g/mol. The first-order chi connectivity index (χ1) is 17.1. The van der Waals surface area contributed by atoms with Gasteiger partial charge < -0.3 is 15.3 Å². The molecule has 2 heterocycles. The molecule has 1 aliphatic heterocycles. The Kier molecular flexibility index (Phi) is 6.29. The van der Waals surface area contributed by atoms with Crippen LogP contribution >= 0.6 is 0 Å². The van der Waals surface area contributed by atoms with Crippen LogP contribution in [0.3, 0.4) is 0 Å². The van der Waals surface area contributed by atoms with Crippen LogP contribution in [-0.2, 0) is 4.79 Å². The number of hydrogen-bond donors (Lipinski definition) is 2. The molecule has 0 radical (unpaired) electrons. The standard InChI is InChI=1S/C28H25N5O2/c29-18-20-1-3-21(4-2-20)22-5-10-26-25(17-22)27(11-12-30-26)31-23-6-8-24(9-7-23)33-15-13-32(14-16-33)19-28(34)35/h1-12,17H,13-16,19H2,(H,30,31)(H,34,35). The third-order valence-corrected chi connectivity index (χ3v) is 6.33. The van der Waals surface area contributed by atoms with Gasteiger partial charge in [0.25, 0.3) is 0 Å². The summed E-state index contributed by atoms with van der Waals surface area (Å²) in [5, 5.41) is 22.6. The van der Waals surface area contributed by atoms with Gasteiger partial charge in [-0.3, -0.25) is 14.7 Å². The first-order valence-electron chi connectivity index (χ1n) is 11.5. The van der Waals surface area contributed by atoms with Gasteiger partial charge in [0, 0.05) is 54.8 Å². The Morgan fingerprint density at radius 3 is 2.34 bits per heavy atom. The number of carboxylic acid groups (broad SMARTS) is 1. The number of nitrogens with zero attached hydrogens (tertiary/aromatic N) is 4. The Morgan fingerprint density at radius 1 is 0.943 bits per heavy atom. The fourth-order valence-corrected chi connectivity index (χ4v) is 4.44. The molecular formula is C28H25N5O2. The molecule has 35 heavy (non-hydrogen) atoms. The maximum Gasteiger partial charge on any atom is 0.317 e. The Labute approximate surface area is 203 Å². The predicted octanol–water partition coefficient (Wildman–Crippen LogP) is 4.72. The summed E-state index contributed by atoms with van der Waals surface area (Å²) in [5.74, 6) is -0.776. The summed E-state index contributed by atoms with van der Waals surface area (Å²) in [6.07, 6.45) is 1.80. The number of nitrogens with one attached hydrogen (secondary N) is 1. The van der Waals surface area contributed by atoms with Crippen LogP contribution in [0, 0.1) is 11.3 Å². The predicted molar refractivity (Wildman–Crippen MR) is 138 cm³/mol. The minimum atomic E-state index is -0.776. The smallest absolute Gasteiger partial charge is 0.317 e. The lowest BCUT2D eigenvalue weighted by molar-refractivity contribution is -0.138. The highest BCUT2D eigenvalue weighted by atomic mass is 16.4. The number of benzene rings is 3. The van der Waals surface area contributed by atoms with E-state index in [1.54, 1.807) is 6.20 Å². The first-order valence-corrected chi connectivity index (χ1v) is 11.5. The minimum Gasteiger partial charge on any atom is -0.480 e. The number of carboxylic acids is 1. The van der Waals surface area contributed by atoms with Gasteiger partial charge >= 0.3 is 5.97 Å². The van der Waals surface area contributed by atoms with Gasteiger partial charge in [-0.1, -0.05) is 18.2 Å². The van der Waals surface area contributed by atoms with Crippen molar-refractivity contribution in [3.8, 4) is 17.2 Å². The number of carbonyl (C=O) groups is 1. The quantitative estimate of drug-likeness (QED) is 0.427. The van der Waals surface area contributed by atoms with Gasteiger partial charge in [-0.15, -0.1) is 0 Å². The third-order valence-electron chi connectivity index (χ3n) is 6.33. The van der Waals surface area contributed by atoms with Crippen molar-refractivity contribution in [2.24, 2.45) is 0 Å². The molecule has 0 atom stereocenters. The van der Waals surface area contributed by atoms with Crippen LogP contribution in [0.15, 0.2) is 79.0 Å². The van der Waals surface area contributed by atoms with Crippen LogP contribution in [0.5, 0.6) is 0 Å². The van der Waals surface area contributed by atoms with E-state index in [0.29, 0.717) is 5.56 Å². The van der Waals surface area contributed by atoms with E-state index in [1.165, 1.54) is 0 Å². The van der Waals surface area contributed by atoms with Crippen molar-refractivity contribution >= 4 is 33.9 Å². The van der Waals surface area contributed by atoms with Crippen molar-refractivity contribution in [3.63, 3.8) is 0 Å². The normalized spacial score (nSPS) is 14.0. The minimum absolute atomic E-state index is 0.101. The largest absolute Gasteiger partial charge is 0.480 e. The SMILES string of the molecule is N#Cc1ccc(-c2ccc3nccc(Nc4ccc(N5CCN(CC(=O)O)CC5)cc4)c3c2)cc1. The van der Waals surface area contributed by atoms with Crippen LogP contribution in [0.25, 0.3) is 22.0 Å². The van der Waals surface area contributed by atoms with E-state index in [2.05, 4.69) is 51.6 Å². The molecule has 1 saturated heterocycles. The van der Waals surface area contributed by atoms with Gasteiger partial charge in [0.15, 0.2) is 0 Å². The number of aliphatic carboxylic acids is 1. The molecule has 1 aliphatic rings. The number of hydrogen-bond acceptors (Lipinski definition) is 6.